The van der Waals surface area contributed by atoms with Crippen LogP contribution in [-0.2, 0) is 16.6 Å². The number of anilines is 1. The van der Waals surface area contributed by atoms with Gasteiger partial charge in [-0.3, -0.25) is 4.98 Å². The van der Waals surface area contributed by atoms with Crippen LogP contribution in [0, 0.1) is 13.8 Å². The van der Waals surface area contributed by atoms with Crippen LogP contribution in [0.3, 0.4) is 0 Å². The quantitative estimate of drug-likeness (QED) is 0.888. The van der Waals surface area contributed by atoms with Crippen molar-refractivity contribution in [3.63, 3.8) is 0 Å². The van der Waals surface area contributed by atoms with Gasteiger partial charge in [-0.2, -0.15) is 0 Å². The van der Waals surface area contributed by atoms with Gasteiger partial charge in [-0.1, -0.05) is 12.1 Å². The van der Waals surface area contributed by atoms with Crippen LogP contribution in [-0.4, -0.2) is 20.4 Å². The molecule has 6 heteroatoms. The second-order valence-corrected chi connectivity index (χ2v) is 6.75. The molecule has 2 N–H and O–H groups in total. The fourth-order valence-electron chi connectivity index (χ4n) is 1.87. The molecule has 0 unspecified atom stereocenters. The van der Waals surface area contributed by atoms with Crippen LogP contribution >= 0.6 is 0 Å². The second-order valence-electron chi connectivity index (χ2n) is 4.86. The average molecular weight is 305 g/mol. The molecule has 2 rings (SSSR count). The molecule has 5 nitrogen and oxygen atoms in total. The molecular weight excluding hydrogens is 286 g/mol. The first-order valence-electron chi connectivity index (χ1n) is 6.62. The molecule has 0 amide bonds. The summed E-state index contributed by atoms with van der Waals surface area (Å²) >= 11 is 0. The summed E-state index contributed by atoms with van der Waals surface area (Å²) < 4.78 is 26.0. The van der Waals surface area contributed by atoms with Gasteiger partial charge in [-0.15, -0.1) is 0 Å². The van der Waals surface area contributed by atoms with Gasteiger partial charge in [0.2, 0.25) is 10.0 Å². The van der Waals surface area contributed by atoms with Crippen LogP contribution < -0.4 is 10.0 Å². The molecule has 2 aromatic rings. The van der Waals surface area contributed by atoms with Crippen molar-refractivity contribution < 1.29 is 8.42 Å². The van der Waals surface area contributed by atoms with E-state index in [9.17, 15) is 8.42 Å². The van der Waals surface area contributed by atoms with Gasteiger partial charge < -0.3 is 5.32 Å². The third kappa shape index (κ3) is 3.80. The van der Waals surface area contributed by atoms with Crippen molar-refractivity contribution >= 4 is 15.7 Å². The number of benzene rings is 1. The van der Waals surface area contributed by atoms with Crippen LogP contribution in [0.4, 0.5) is 5.69 Å². The Labute approximate surface area is 125 Å². The fraction of sp³-hybridized carbons (Fsp3) is 0.267. The average Bonchev–Trinajstić information content (AvgIpc) is 2.48. The van der Waals surface area contributed by atoms with Crippen molar-refractivity contribution in [1.29, 1.82) is 0 Å². The second kappa shape index (κ2) is 6.24. The van der Waals surface area contributed by atoms with Crippen molar-refractivity contribution in [2.45, 2.75) is 25.3 Å². The van der Waals surface area contributed by atoms with Gasteiger partial charge in [0.05, 0.1) is 17.1 Å². The van der Waals surface area contributed by atoms with Crippen LogP contribution in [0.5, 0.6) is 0 Å². The number of nitrogens with one attached hydrogen (secondary N) is 2. The lowest BCUT2D eigenvalue weighted by atomic mass is 10.2. The number of sulfonamides is 1. The van der Waals surface area contributed by atoms with Crippen LogP contribution in [0.15, 0.2) is 41.4 Å². The summed E-state index contributed by atoms with van der Waals surface area (Å²) in [7, 11) is -2.03. The van der Waals surface area contributed by atoms with Gasteiger partial charge in [0.15, 0.2) is 0 Å². The van der Waals surface area contributed by atoms with E-state index >= 15 is 0 Å². The molecule has 0 aliphatic heterocycles. The van der Waals surface area contributed by atoms with Crippen molar-refractivity contribution in [2.75, 3.05) is 12.4 Å². The van der Waals surface area contributed by atoms with E-state index < -0.39 is 10.0 Å². The zero-order valence-electron chi connectivity index (χ0n) is 12.3. The van der Waals surface area contributed by atoms with Crippen molar-refractivity contribution in [3.05, 3.63) is 53.3 Å². The lowest BCUT2D eigenvalue weighted by Gasteiger charge is -2.11. The maximum absolute atomic E-state index is 11.8. The minimum Gasteiger partial charge on any atom is -0.379 e. The maximum atomic E-state index is 11.8. The summed E-state index contributed by atoms with van der Waals surface area (Å²) in [6, 6.07) is 8.96. The first-order chi connectivity index (χ1) is 9.92. The molecule has 21 heavy (non-hydrogen) atoms. The third-order valence-corrected chi connectivity index (χ3v) is 4.63. The first kappa shape index (κ1) is 15.5. The zero-order valence-corrected chi connectivity index (χ0v) is 13.2. The number of aromatic nitrogens is 1. The minimum atomic E-state index is -3.43. The van der Waals surface area contributed by atoms with Crippen LogP contribution in [0.25, 0.3) is 0 Å². The Morgan fingerprint density at radius 1 is 1.14 bits per heavy atom. The summed E-state index contributed by atoms with van der Waals surface area (Å²) in [5.74, 6) is 0. The molecule has 0 saturated heterocycles. The molecular formula is C15H19N3O2S. The number of hydrogen-bond donors (Lipinski definition) is 2. The Morgan fingerprint density at radius 3 is 2.52 bits per heavy atom. The molecule has 0 spiro atoms. The van der Waals surface area contributed by atoms with Crippen molar-refractivity contribution in [3.8, 4) is 0 Å². The fourth-order valence-corrected chi connectivity index (χ4v) is 2.62. The molecule has 0 radical (unpaired) electrons. The summed E-state index contributed by atoms with van der Waals surface area (Å²) in [6.45, 7) is 4.46. The van der Waals surface area contributed by atoms with Crippen molar-refractivity contribution in [1.82, 2.24) is 9.71 Å². The molecule has 1 aromatic carbocycles. The maximum Gasteiger partial charge on any atom is 0.240 e. The highest BCUT2D eigenvalue weighted by Gasteiger charge is 2.12. The molecule has 112 valence electrons. The van der Waals surface area contributed by atoms with Gasteiger partial charge in [0.1, 0.15) is 0 Å². The van der Waals surface area contributed by atoms with Gasteiger partial charge in [0, 0.05) is 11.9 Å². The molecule has 0 aliphatic carbocycles. The van der Waals surface area contributed by atoms with E-state index in [2.05, 4.69) is 15.0 Å². The van der Waals surface area contributed by atoms with E-state index in [0.29, 0.717) is 6.54 Å². The molecule has 0 aliphatic rings. The smallest absolute Gasteiger partial charge is 0.240 e. The third-order valence-electron chi connectivity index (χ3n) is 3.22. The largest absolute Gasteiger partial charge is 0.379 e. The van der Waals surface area contributed by atoms with E-state index in [-0.39, 0.29) is 4.90 Å². The summed E-state index contributed by atoms with van der Waals surface area (Å²) in [6.07, 6.45) is 1.81. The Morgan fingerprint density at radius 2 is 1.90 bits per heavy atom. The van der Waals surface area contributed by atoms with E-state index in [1.165, 1.54) is 7.05 Å². The van der Waals surface area contributed by atoms with Gasteiger partial charge in [-0.05, 0) is 50.2 Å². The first-order valence-corrected chi connectivity index (χ1v) is 8.10. The van der Waals surface area contributed by atoms with Gasteiger partial charge in [-0.25, -0.2) is 13.1 Å². The number of hydrogen-bond acceptors (Lipinski definition) is 4. The number of rotatable bonds is 5. The Kier molecular flexibility index (Phi) is 4.59. The summed E-state index contributed by atoms with van der Waals surface area (Å²) in [5.41, 5.74) is 3.78. The lowest BCUT2D eigenvalue weighted by molar-refractivity contribution is 0.588. The minimum absolute atomic E-state index is 0.245. The standard InChI is InChI=1S/C15H19N3O2S/c1-11-4-6-13(17-9-11)10-18-15-8-14(7-5-12(15)2)21(19,20)16-3/h4-9,16,18H,10H2,1-3H3. The number of pyridine rings is 1. The molecule has 0 atom stereocenters. The Bertz CT molecular complexity index is 725. The topological polar surface area (TPSA) is 71.1 Å². The molecule has 0 fully saturated rings. The summed E-state index contributed by atoms with van der Waals surface area (Å²) in [5, 5.41) is 3.23. The van der Waals surface area contributed by atoms with Gasteiger partial charge >= 0.3 is 0 Å². The molecule has 1 heterocycles. The predicted octanol–water partition coefficient (Wildman–Crippen LogP) is 2.22. The SMILES string of the molecule is CNS(=O)(=O)c1ccc(C)c(NCc2ccc(C)cn2)c1. The monoisotopic (exact) mass is 305 g/mol. The predicted molar refractivity (Wildman–Crippen MR) is 83.7 cm³/mol. The van der Waals surface area contributed by atoms with Crippen LogP contribution in [0.1, 0.15) is 16.8 Å². The summed E-state index contributed by atoms with van der Waals surface area (Å²) in [4.78, 5) is 4.56. The molecule has 0 saturated carbocycles. The molecule has 1 aromatic heterocycles. The van der Waals surface area contributed by atoms with Crippen molar-refractivity contribution in [2.24, 2.45) is 0 Å². The highest BCUT2D eigenvalue weighted by molar-refractivity contribution is 7.89. The highest BCUT2D eigenvalue weighted by Crippen LogP contribution is 2.20. The Hall–Kier alpha value is -1.92. The Balaban J connectivity index is 2.20. The van der Waals surface area contributed by atoms with E-state index in [4.69, 9.17) is 0 Å². The lowest BCUT2D eigenvalue weighted by Crippen LogP contribution is -2.18. The van der Waals surface area contributed by atoms with Gasteiger partial charge in [0.25, 0.3) is 0 Å². The normalized spacial score (nSPS) is 11.4. The van der Waals surface area contributed by atoms with E-state index in [1.807, 2.05) is 32.2 Å². The highest BCUT2D eigenvalue weighted by atomic mass is 32.2. The van der Waals surface area contributed by atoms with Crippen LogP contribution in [0.2, 0.25) is 0 Å². The van der Waals surface area contributed by atoms with E-state index in [0.717, 1.165) is 22.5 Å². The molecule has 0 bridgehead atoms. The van der Waals surface area contributed by atoms with E-state index in [1.54, 1.807) is 18.2 Å². The zero-order chi connectivity index (χ0) is 15.5. The number of aryl methyl sites for hydroxylation is 2. The number of nitrogens with zero attached hydrogens (tertiary/aromatic N) is 1.